The first-order valence-corrected chi connectivity index (χ1v) is 10.8. The molecule has 0 fully saturated rings. The number of hydrogen-bond acceptors (Lipinski definition) is 10. The zero-order chi connectivity index (χ0) is 23.3. The van der Waals surface area contributed by atoms with Crippen LogP contribution in [0.5, 0.6) is 0 Å². The summed E-state index contributed by atoms with van der Waals surface area (Å²) < 4.78 is 30.3. The van der Waals surface area contributed by atoms with Crippen molar-refractivity contribution in [1.82, 2.24) is 0 Å². The summed E-state index contributed by atoms with van der Waals surface area (Å²) in [7, 11) is 0. The van der Waals surface area contributed by atoms with Crippen molar-refractivity contribution in [3.63, 3.8) is 0 Å². The minimum atomic E-state index is -0.656. The van der Waals surface area contributed by atoms with Gasteiger partial charge in [-0.05, 0) is 12.8 Å². The number of ether oxygens (including phenoxy) is 6. The van der Waals surface area contributed by atoms with Gasteiger partial charge in [0.15, 0.2) is 0 Å². The number of esters is 4. The molecular formula is C22H32O10. The van der Waals surface area contributed by atoms with Crippen LogP contribution in [0.25, 0.3) is 0 Å². The van der Waals surface area contributed by atoms with Gasteiger partial charge in [-0.3, -0.25) is 0 Å². The van der Waals surface area contributed by atoms with E-state index in [9.17, 15) is 19.2 Å². The highest BCUT2D eigenvalue weighted by Gasteiger charge is 2.03. The molecule has 0 saturated heterocycles. The van der Waals surface area contributed by atoms with Crippen LogP contribution >= 0.6 is 0 Å². The standard InChI is InChI=1S/C22H32O10/c23-19-7-9-21(25)31-17-15-27-13-14-28-16-18-32-22(26)10-8-20(24)30-12-6-4-2-1-3-5-11-29-19/h7-10H,1-6,11-18H2. The molecule has 1 aliphatic heterocycles. The van der Waals surface area contributed by atoms with Gasteiger partial charge in [-0.1, -0.05) is 25.7 Å². The molecule has 0 saturated carbocycles. The van der Waals surface area contributed by atoms with Crippen molar-refractivity contribution in [1.29, 1.82) is 0 Å². The quantitative estimate of drug-likeness (QED) is 0.393. The molecule has 0 aromatic heterocycles. The van der Waals surface area contributed by atoms with Gasteiger partial charge in [0, 0.05) is 24.3 Å². The van der Waals surface area contributed by atoms with Gasteiger partial charge < -0.3 is 28.4 Å². The highest BCUT2D eigenvalue weighted by Crippen LogP contribution is 2.06. The zero-order valence-corrected chi connectivity index (χ0v) is 18.3. The van der Waals surface area contributed by atoms with Gasteiger partial charge in [-0.15, -0.1) is 0 Å². The summed E-state index contributed by atoms with van der Waals surface area (Å²) >= 11 is 0. The van der Waals surface area contributed by atoms with Gasteiger partial charge >= 0.3 is 23.9 Å². The molecule has 0 spiro atoms. The van der Waals surface area contributed by atoms with Crippen LogP contribution in [0.1, 0.15) is 38.5 Å². The van der Waals surface area contributed by atoms with Crippen molar-refractivity contribution in [2.24, 2.45) is 0 Å². The Hall–Kier alpha value is -2.72. The summed E-state index contributed by atoms with van der Waals surface area (Å²) in [4.78, 5) is 46.1. The molecule has 180 valence electrons. The predicted molar refractivity (Wildman–Crippen MR) is 111 cm³/mol. The average Bonchev–Trinajstić information content (AvgIpc) is 2.78. The van der Waals surface area contributed by atoms with E-state index in [1.807, 2.05) is 0 Å². The topological polar surface area (TPSA) is 124 Å². The molecule has 0 amide bonds. The Labute approximate surface area is 187 Å². The first-order chi connectivity index (χ1) is 15.6. The van der Waals surface area contributed by atoms with Crippen LogP contribution in [0, 0.1) is 0 Å². The van der Waals surface area contributed by atoms with Crippen LogP contribution in [0.4, 0.5) is 0 Å². The molecule has 32 heavy (non-hydrogen) atoms. The Bertz CT molecular complexity index is 520. The number of hydrogen-bond donors (Lipinski definition) is 0. The molecule has 10 heteroatoms. The van der Waals surface area contributed by atoms with E-state index in [4.69, 9.17) is 28.4 Å². The van der Waals surface area contributed by atoms with Crippen molar-refractivity contribution in [3.8, 4) is 0 Å². The maximum Gasteiger partial charge on any atom is 0.331 e. The maximum absolute atomic E-state index is 11.6. The second-order valence-corrected chi connectivity index (χ2v) is 6.68. The predicted octanol–water partition coefficient (Wildman–Crippen LogP) is 1.66. The lowest BCUT2D eigenvalue weighted by molar-refractivity contribution is -0.142. The third-order valence-corrected chi connectivity index (χ3v) is 4.05. The Balaban J connectivity index is 2.34. The summed E-state index contributed by atoms with van der Waals surface area (Å²) in [6.45, 7) is 1.49. The molecule has 1 aliphatic rings. The third-order valence-electron chi connectivity index (χ3n) is 4.05. The van der Waals surface area contributed by atoms with Gasteiger partial charge in [0.1, 0.15) is 13.2 Å². The number of cyclic esters (lactones) is 4. The molecule has 0 radical (unpaired) electrons. The summed E-state index contributed by atoms with van der Waals surface area (Å²) in [6, 6.07) is 0. The summed E-state index contributed by atoms with van der Waals surface area (Å²) in [5.74, 6) is -2.50. The van der Waals surface area contributed by atoms with Crippen molar-refractivity contribution in [2.45, 2.75) is 38.5 Å². The molecule has 0 aromatic rings. The van der Waals surface area contributed by atoms with E-state index >= 15 is 0 Å². The van der Waals surface area contributed by atoms with Crippen LogP contribution in [0.2, 0.25) is 0 Å². The SMILES string of the molecule is O=C1C=CC(=O)OCCOCCOCCOC(=O)C=CC(=O)OCCCCCCCCO1. The highest BCUT2D eigenvalue weighted by atomic mass is 16.6. The van der Waals surface area contributed by atoms with Gasteiger partial charge in [0.2, 0.25) is 0 Å². The lowest BCUT2D eigenvalue weighted by atomic mass is 10.1. The zero-order valence-electron chi connectivity index (χ0n) is 18.3. The van der Waals surface area contributed by atoms with Crippen molar-refractivity contribution in [2.75, 3.05) is 52.9 Å². The summed E-state index contributed by atoms with van der Waals surface area (Å²) in [6.07, 6.45) is 9.28. The van der Waals surface area contributed by atoms with Crippen molar-refractivity contribution >= 4 is 23.9 Å². The first-order valence-electron chi connectivity index (χ1n) is 10.8. The molecule has 0 aliphatic carbocycles. The lowest BCUT2D eigenvalue weighted by Crippen LogP contribution is -2.14. The van der Waals surface area contributed by atoms with Crippen LogP contribution in [-0.4, -0.2) is 76.7 Å². The number of carbonyl (C=O) groups excluding carboxylic acids is 4. The molecule has 0 aromatic carbocycles. The van der Waals surface area contributed by atoms with E-state index in [1.165, 1.54) is 0 Å². The highest BCUT2D eigenvalue weighted by molar-refractivity contribution is 5.92. The van der Waals surface area contributed by atoms with Crippen LogP contribution in [0.15, 0.2) is 24.3 Å². The summed E-state index contributed by atoms with van der Waals surface area (Å²) in [5.41, 5.74) is 0. The Morgan fingerprint density at radius 1 is 0.375 bits per heavy atom. The monoisotopic (exact) mass is 456 g/mol. The molecule has 0 N–H and O–H groups in total. The Morgan fingerprint density at radius 2 is 0.656 bits per heavy atom. The van der Waals surface area contributed by atoms with Gasteiger partial charge in [-0.2, -0.15) is 0 Å². The third kappa shape index (κ3) is 17.0. The fraction of sp³-hybridized carbons (Fsp3) is 0.636. The van der Waals surface area contributed by atoms with E-state index < -0.39 is 23.9 Å². The van der Waals surface area contributed by atoms with Crippen molar-refractivity contribution in [3.05, 3.63) is 24.3 Å². The van der Waals surface area contributed by atoms with E-state index in [0.29, 0.717) is 0 Å². The van der Waals surface area contributed by atoms with Gasteiger partial charge in [0.25, 0.3) is 0 Å². The second kappa shape index (κ2) is 19.0. The van der Waals surface area contributed by atoms with E-state index in [1.54, 1.807) is 0 Å². The fourth-order valence-corrected chi connectivity index (χ4v) is 2.45. The average molecular weight is 456 g/mol. The van der Waals surface area contributed by atoms with Crippen LogP contribution in [-0.2, 0) is 47.6 Å². The maximum atomic E-state index is 11.6. The molecule has 10 nitrogen and oxygen atoms in total. The minimum Gasteiger partial charge on any atom is -0.463 e. The minimum absolute atomic E-state index is 0.0323. The Kier molecular flexibility index (Phi) is 16.2. The van der Waals surface area contributed by atoms with E-state index in [-0.39, 0.29) is 52.9 Å². The molecule has 0 unspecified atom stereocenters. The fourth-order valence-electron chi connectivity index (χ4n) is 2.45. The lowest BCUT2D eigenvalue weighted by Gasteiger charge is -2.06. The molecule has 0 atom stereocenters. The van der Waals surface area contributed by atoms with Crippen LogP contribution < -0.4 is 0 Å². The van der Waals surface area contributed by atoms with Crippen molar-refractivity contribution < 1.29 is 47.6 Å². The summed E-state index contributed by atoms with van der Waals surface area (Å²) in [5, 5.41) is 0. The van der Waals surface area contributed by atoms with Crippen LogP contribution in [0.3, 0.4) is 0 Å². The Morgan fingerprint density at radius 3 is 1.03 bits per heavy atom. The number of carbonyl (C=O) groups is 4. The second-order valence-electron chi connectivity index (χ2n) is 6.68. The first kappa shape index (κ1) is 27.3. The van der Waals surface area contributed by atoms with E-state index in [2.05, 4.69) is 0 Å². The molecular weight excluding hydrogens is 424 g/mol. The largest absolute Gasteiger partial charge is 0.463 e. The van der Waals surface area contributed by atoms with Gasteiger partial charge in [-0.25, -0.2) is 19.2 Å². The normalized spacial score (nSPS) is 20.8. The number of rotatable bonds is 0. The molecule has 1 rings (SSSR count). The van der Waals surface area contributed by atoms with E-state index in [0.717, 1.165) is 62.8 Å². The molecule has 1 heterocycles. The van der Waals surface area contributed by atoms with Gasteiger partial charge in [0.05, 0.1) is 39.6 Å². The molecule has 0 bridgehead atoms. The smallest absolute Gasteiger partial charge is 0.331 e.